The zero-order chi connectivity index (χ0) is 14.4. The van der Waals surface area contributed by atoms with Gasteiger partial charge in [-0.3, -0.25) is 0 Å². The standard InChI is InChI=1S/C13H21N3O2S2/c1-2-14-13-9-12(3-6-15-13)20(17,18)16-10-11-4-7-19-8-5-11/h3,6,9,11,16H,2,4-5,7-8,10H2,1H3,(H,14,15). The minimum absolute atomic E-state index is 0.272. The first-order chi connectivity index (χ1) is 9.62. The molecule has 2 heterocycles. The molecule has 20 heavy (non-hydrogen) atoms. The molecule has 1 fully saturated rings. The van der Waals surface area contributed by atoms with Crippen molar-refractivity contribution in [3.8, 4) is 0 Å². The molecule has 7 heteroatoms. The first-order valence-electron chi connectivity index (χ1n) is 6.89. The van der Waals surface area contributed by atoms with E-state index in [-0.39, 0.29) is 4.90 Å². The van der Waals surface area contributed by atoms with Crippen LogP contribution in [0.2, 0.25) is 0 Å². The van der Waals surface area contributed by atoms with Gasteiger partial charge >= 0.3 is 0 Å². The van der Waals surface area contributed by atoms with Gasteiger partial charge in [-0.05, 0) is 43.3 Å². The summed E-state index contributed by atoms with van der Waals surface area (Å²) in [7, 11) is -3.44. The number of nitrogens with one attached hydrogen (secondary N) is 2. The molecule has 112 valence electrons. The van der Waals surface area contributed by atoms with Crippen molar-refractivity contribution in [3.05, 3.63) is 18.3 Å². The first kappa shape index (κ1) is 15.6. The molecule has 0 aromatic carbocycles. The van der Waals surface area contributed by atoms with E-state index in [0.717, 1.165) is 24.3 Å². The van der Waals surface area contributed by atoms with E-state index in [2.05, 4.69) is 15.0 Å². The highest BCUT2D eigenvalue weighted by Gasteiger charge is 2.19. The van der Waals surface area contributed by atoms with Gasteiger partial charge in [0.1, 0.15) is 5.82 Å². The smallest absolute Gasteiger partial charge is 0.240 e. The second kappa shape index (κ2) is 7.28. The average Bonchev–Trinajstić information content (AvgIpc) is 2.47. The maximum absolute atomic E-state index is 12.3. The molecule has 0 atom stereocenters. The van der Waals surface area contributed by atoms with E-state index < -0.39 is 10.0 Å². The predicted molar refractivity (Wildman–Crippen MR) is 83.6 cm³/mol. The molecule has 1 aromatic rings. The van der Waals surface area contributed by atoms with E-state index in [4.69, 9.17) is 0 Å². The van der Waals surface area contributed by atoms with Crippen LogP contribution in [0, 0.1) is 5.92 Å². The largest absolute Gasteiger partial charge is 0.370 e. The average molecular weight is 315 g/mol. The second-order valence-corrected chi connectivity index (χ2v) is 7.81. The highest BCUT2D eigenvalue weighted by atomic mass is 32.2. The van der Waals surface area contributed by atoms with Crippen molar-refractivity contribution >= 4 is 27.6 Å². The lowest BCUT2D eigenvalue weighted by atomic mass is 10.0. The highest BCUT2D eigenvalue weighted by Crippen LogP contribution is 2.22. The SMILES string of the molecule is CCNc1cc(S(=O)(=O)NCC2CCSCC2)ccn1. The van der Waals surface area contributed by atoms with Crippen LogP contribution in [-0.2, 0) is 10.0 Å². The number of sulfonamides is 1. The van der Waals surface area contributed by atoms with Gasteiger partial charge in [-0.2, -0.15) is 11.8 Å². The van der Waals surface area contributed by atoms with E-state index in [1.165, 1.54) is 12.3 Å². The summed E-state index contributed by atoms with van der Waals surface area (Å²) >= 11 is 1.94. The van der Waals surface area contributed by atoms with Gasteiger partial charge in [0.05, 0.1) is 4.90 Å². The summed E-state index contributed by atoms with van der Waals surface area (Å²) in [5.41, 5.74) is 0. The van der Waals surface area contributed by atoms with E-state index in [1.54, 1.807) is 6.07 Å². The van der Waals surface area contributed by atoms with Crippen LogP contribution in [0.5, 0.6) is 0 Å². The van der Waals surface area contributed by atoms with Gasteiger partial charge in [-0.15, -0.1) is 0 Å². The van der Waals surface area contributed by atoms with Gasteiger partial charge in [0.2, 0.25) is 10.0 Å². The summed E-state index contributed by atoms with van der Waals surface area (Å²) in [6.45, 7) is 3.19. The Morgan fingerprint density at radius 3 is 2.85 bits per heavy atom. The Balaban J connectivity index is 2.00. The van der Waals surface area contributed by atoms with Gasteiger partial charge in [-0.1, -0.05) is 0 Å². The monoisotopic (exact) mass is 315 g/mol. The molecule has 2 rings (SSSR count). The second-order valence-electron chi connectivity index (χ2n) is 4.81. The molecule has 0 saturated carbocycles. The third-order valence-electron chi connectivity index (χ3n) is 3.30. The van der Waals surface area contributed by atoms with E-state index >= 15 is 0 Å². The van der Waals surface area contributed by atoms with Gasteiger partial charge in [0, 0.05) is 25.4 Å². The Hall–Kier alpha value is -0.790. The number of anilines is 1. The zero-order valence-corrected chi connectivity index (χ0v) is 13.3. The fraction of sp³-hybridized carbons (Fsp3) is 0.615. The summed E-state index contributed by atoms with van der Waals surface area (Å²) in [6, 6.07) is 3.10. The molecule has 1 saturated heterocycles. The lowest BCUT2D eigenvalue weighted by Gasteiger charge is -2.21. The van der Waals surface area contributed by atoms with Crippen molar-refractivity contribution in [3.63, 3.8) is 0 Å². The van der Waals surface area contributed by atoms with Crippen LogP contribution < -0.4 is 10.0 Å². The molecule has 1 aliphatic heterocycles. The number of hydrogen-bond acceptors (Lipinski definition) is 5. The van der Waals surface area contributed by atoms with E-state index in [9.17, 15) is 8.42 Å². The maximum atomic E-state index is 12.3. The number of thioether (sulfide) groups is 1. The molecule has 0 radical (unpaired) electrons. The number of pyridine rings is 1. The molecule has 5 nitrogen and oxygen atoms in total. The van der Waals surface area contributed by atoms with Crippen molar-refractivity contribution in [2.75, 3.05) is 29.9 Å². The van der Waals surface area contributed by atoms with Gasteiger partial charge in [0.25, 0.3) is 0 Å². The predicted octanol–water partition coefficient (Wildman–Crippen LogP) is 1.93. The third-order valence-corrected chi connectivity index (χ3v) is 5.77. The third kappa shape index (κ3) is 4.36. The molecule has 0 unspecified atom stereocenters. The Labute approximate surface area is 125 Å². The van der Waals surface area contributed by atoms with Crippen molar-refractivity contribution in [1.29, 1.82) is 0 Å². The fourth-order valence-corrected chi connectivity index (χ4v) is 4.45. The fourth-order valence-electron chi connectivity index (χ4n) is 2.12. The van der Waals surface area contributed by atoms with Crippen LogP contribution in [0.25, 0.3) is 0 Å². The van der Waals surface area contributed by atoms with E-state index in [1.807, 2.05) is 18.7 Å². The Morgan fingerprint density at radius 1 is 1.40 bits per heavy atom. The highest BCUT2D eigenvalue weighted by molar-refractivity contribution is 7.99. The van der Waals surface area contributed by atoms with Crippen LogP contribution in [0.15, 0.2) is 23.2 Å². The van der Waals surface area contributed by atoms with Crippen LogP contribution >= 0.6 is 11.8 Å². The van der Waals surface area contributed by atoms with Crippen LogP contribution in [0.4, 0.5) is 5.82 Å². The molecule has 2 N–H and O–H groups in total. The lowest BCUT2D eigenvalue weighted by Crippen LogP contribution is -2.31. The molecule has 0 amide bonds. The topological polar surface area (TPSA) is 71.1 Å². The quantitative estimate of drug-likeness (QED) is 0.839. The summed E-state index contributed by atoms with van der Waals surface area (Å²) in [4.78, 5) is 4.36. The van der Waals surface area contributed by atoms with Crippen LogP contribution in [0.1, 0.15) is 19.8 Å². The molecular formula is C13H21N3O2S2. The molecule has 0 spiro atoms. The first-order valence-corrected chi connectivity index (χ1v) is 9.53. The van der Waals surface area contributed by atoms with Gasteiger partial charge in [0.15, 0.2) is 0 Å². The molecule has 1 aromatic heterocycles. The molecule has 0 aliphatic carbocycles. The van der Waals surface area contributed by atoms with Crippen molar-refractivity contribution < 1.29 is 8.42 Å². The minimum Gasteiger partial charge on any atom is -0.370 e. The normalized spacial score (nSPS) is 17.1. The van der Waals surface area contributed by atoms with Crippen LogP contribution in [0.3, 0.4) is 0 Å². The lowest BCUT2D eigenvalue weighted by molar-refractivity contribution is 0.476. The van der Waals surface area contributed by atoms with Crippen molar-refractivity contribution in [2.24, 2.45) is 5.92 Å². The molecule has 1 aliphatic rings. The summed E-state index contributed by atoms with van der Waals surface area (Å²) in [5.74, 6) is 3.31. The Bertz CT molecular complexity index is 528. The summed E-state index contributed by atoms with van der Waals surface area (Å²) < 4.78 is 27.2. The number of hydrogen-bond donors (Lipinski definition) is 2. The van der Waals surface area contributed by atoms with Gasteiger partial charge < -0.3 is 5.32 Å². The number of aromatic nitrogens is 1. The summed E-state index contributed by atoms with van der Waals surface area (Å²) in [6.07, 6.45) is 3.70. The molecule has 0 bridgehead atoms. The van der Waals surface area contributed by atoms with Crippen molar-refractivity contribution in [2.45, 2.75) is 24.7 Å². The van der Waals surface area contributed by atoms with E-state index in [0.29, 0.717) is 24.8 Å². The number of rotatable bonds is 6. The Morgan fingerprint density at radius 2 is 2.15 bits per heavy atom. The minimum atomic E-state index is -3.44. The van der Waals surface area contributed by atoms with Crippen molar-refractivity contribution in [1.82, 2.24) is 9.71 Å². The summed E-state index contributed by atoms with van der Waals surface area (Å²) in [5, 5.41) is 3.02. The zero-order valence-electron chi connectivity index (χ0n) is 11.6. The Kier molecular flexibility index (Phi) is 5.68. The number of nitrogens with zero attached hydrogens (tertiary/aromatic N) is 1. The molecular weight excluding hydrogens is 294 g/mol. The van der Waals surface area contributed by atoms with Gasteiger partial charge in [-0.25, -0.2) is 18.1 Å². The maximum Gasteiger partial charge on any atom is 0.240 e. The van der Waals surface area contributed by atoms with Crippen LogP contribution in [-0.4, -0.2) is 38.0 Å².